The maximum absolute atomic E-state index is 13.5. The van der Waals surface area contributed by atoms with Crippen molar-refractivity contribution in [1.29, 1.82) is 0 Å². The molecular formula is C24H20F2N2. The molecule has 0 saturated carbocycles. The van der Waals surface area contributed by atoms with Gasteiger partial charge in [0.1, 0.15) is 11.6 Å². The fourth-order valence-corrected chi connectivity index (χ4v) is 4.37. The van der Waals surface area contributed by atoms with Gasteiger partial charge in [0.25, 0.3) is 0 Å². The van der Waals surface area contributed by atoms with Crippen LogP contribution in [-0.2, 0) is 19.9 Å². The van der Waals surface area contributed by atoms with E-state index < -0.39 is 0 Å². The monoisotopic (exact) mass is 374 g/mol. The zero-order valence-corrected chi connectivity index (χ0v) is 15.7. The molecule has 0 radical (unpaired) electrons. The number of rotatable bonds is 2. The van der Waals surface area contributed by atoms with Gasteiger partial charge >= 0.3 is 0 Å². The number of benzene rings is 2. The van der Waals surface area contributed by atoms with Crippen molar-refractivity contribution in [3.8, 4) is 22.5 Å². The van der Waals surface area contributed by atoms with E-state index in [2.05, 4.69) is 17.7 Å². The van der Waals surface area contributed by atoms with E-state index in [0.29, 0.717) is 0 Å². The number of hydrogen-bond donors (Lipinski definition) is 0. The van der Waals surface area contributed by atoms with E-state index >= 15 is 0 Å². The summed E-state index contributed by atoms with van der Waals surface area (Å²) in [4.78, 5) is 4.94. The SMILES string of the molecule is Cn1c2c(c3cc(-c4ccc(F)cc4)nc(-c4ccc(F)cc4)c31)CCCC2. The highest BCUT2D eigenvalue weighted by atomic mass is 19.1. The molecule has 0 unspecified atom stereocenters. The Morgan fingerprint density at radius 3 is 2.11 bits per heavy atom. The highest BCUT2D eigenvalue weighted by Gasteiger charge is 2.22. The van der Waals surface area contributed by atoms with Crippen molar-refractivity contribution in [2.24, 2.45) is 7.05 Å². The van der Waals surface area contributed by atoms with Crippen LogP contribution in [0.15, 0.2) is 54.6 Å². The summed E-state index contributed by atoms with van der Waals surface area (Å²) in [5.41, 5.74) is 7.25. The zero-order valence-electron chi connectivity index (χ0n) is 15.7. The third-order valence-electron chi connectivity index (χ3n) is 5.75. The summed E-state index contributed by atoms with van der Waals surface area (Å²) in [5, 5.41) is 1.20. The van der Waals surface area contributed by atoms with Crippen LogP contribution < -0.4 is 0 Å². The predicted octanol–water partition coefficient (Wildman–Crippen LogP) is 6.06. The van der Waals surface area contributed by atoms with Crippen molar-refractivity contribution in [2.45, 2.75) is 25.7 Å². The summed E-state index contributed by atoms with van der Waals surface area (Å²) in [5.74, 6) is -0.526. The van der Waals surface area contributed by atoms with Gasteiger partial charge in [-0.15, -0.1) is 0 Å². The largest absolute Gasteiger partial charge is 0.346 e. The lowest BCUT2D eigenvalue weighted by atomic mass is 9.94. The fraction of sp³-hybridized carbons (Fsp3) is 0.208. The van der Waals surface area contributed by atoms with Crippen LogP contribution in [0.5, 0.6) is 0 Å². The van der Waals surface area contributed by atoms with Crippen LogP contribution >= 0.6 is 0 Å². The Hall–Kier alpha value is -3.01. The van der Waals surface area contributed by atoms with Crippen LogP contribution in [0.25, 0.3) is 33.4 Å². The molecule has 28 heavy (non-hydrogen) atoms. The van der Waals surface area contributed by atoms with Gasteiger partial charge in [0, 0.05) is 29.3 Å². The fourth-order valence-electron chi connectivity index (χ4n) is 4.37. The molecule has 0 N–H and O–H groups in total. The molecule has 2 nitrogen and oxygen atoms in total. The van der Waals surface area contributed by atoms with E-state index in [0.717, 1.165) is 40.9 Å². The van der Waals surface area contributed by atoms with Crippen molar-refractivity contribution in [1.82, 2.24) is 9.55 Å². The quantitative estimate of drug-likeness (QED) is 0.417. The lowest BCUT2D eigenvalue weighted by Crippen LogP contribution is -2.05. The molecule has 0 amide bonds. The first-order chi connectivity index (χ1) is 13.6. The van der Waals surface area contributed by atoms with Gasteiger partial charge in [-0.2, -0.15) is 0 Å². The van der Waals surface area contributed by atoms with E-state index in [1.807, 2.05) is 0 Å². The minimum Gasteiger partial charge on any atom is -0.346 e. The van der Waals surface area contributed by atoms with Crippen molar-refractivity contribution in [2.75, 3.05) is 0 Å². The Morgan fingerprint density at radius 1 is 0.821 bits per heavy atom. The Balaban J connectivity index is 1.83. The van der Waals surface area contributed by atoms with Crippen LogP contribution in [0, 0.1) is 11.6 Å². The lowest BCUT2D eigenvalue weighted by molar-refractivity contribution is 0.627. The normalized spacial score (nSPS) is 13.7. The van der Waals surface area contributed by atoms with E-state index in [1.165, 1.54) is 53.8 Å². The number of hydrogen-bond acceptors (Lipinski definition) is 1. The molecule has 0 atom stereocenters. The summed E-state index contributed by atoms with van der Waals surface area (Å²) in [6.45, 7) is 0. The molecule has 140 valence electrons. The van der Waals surface area contributed by atoms with Gasteiger partial charge in [0.15, 0.2) is 0 Å². The average molecular weight is 374 g/mol. The second kappa shape index (κ2) is 6.55. The van der Waals surface area contributed by atoms with Gasteiger partial charge < -0.3 is 4.57 Å². The predicted molar refractivity (Wildman–Crippen MR) is 108 cm³/mol. The Kier molecular flexibility index (Phi) is 4.00. The molecule has 1 aliphatic rings. The first-order valence-electron chi connectivity index (χ1n) is 9.65. The van der Waals surface area contributed by atoms with Crippen molar-refractivity contribution in [3.05, 3.63) is 77.5 Å². The summed E-state index contributed by atoms with van der Waals surface area (Å²) in [7, 11) is 2.10. The van der Waals surface area contributed by atoms with E-state index in [-0.39, 0.29) is 11.6 Å². The van der Waals surface area contributed by atoms with E-state index in [4.69, 9.17) is 4.98 Å². The highest BCUT2D eigenvalue weighted by molar-refractivity contribution is 5.98. The van der Waals surface area contributed by atoms with Gasteiger partial charge in [-0.25, -0.2) is 13.8 Å². The first-order valence-corrected chi connectivity index (χ1v) is 9.65. The third kappa shape index (κ3) is 2.71. The lowest BCUT2D eigenvalue weighted by Gasteiger charge is -2.13. The molecule has 2 aromatic carbocycles. The Labute approximate surface area is 162 Å². The smallest absolute Gasteiger partial charge is 0.123 e. The highest BCUT2D eigenvalue weighted by Crippen LogP contribution is 2.38. The zero-order chi connectivity index (χ0) is 19.3. The topological polar surface area (TPSA) is 17.8 Å². The number of fused-ring (bicyclic) bond motifs is 3. The molecule has 0 spiro atoms. The van der Waals surface area contributed by atoms with E-state index in [1.54, 1.807) is 24.3 Å². The standard InChI is InChI=1S/C24H20F2N2/c1-28-22-5-3-2-4-19(22)20-14-21(15-6-10-17(25)11-7-15)27-23(24(20)28)16-8-12-18(26)13-9-16/h6-14H,2-5H2,1H3. The van der Waals surface area contributed by atoms with Gasteiger partial charge in [0.05, 0.1) is 16.9 Å². The summed E-state index contributed by atoms with van der Waals surface area (Å²) in [6, 6.07) is 15.0. The third-order valence-corrected chi connectivity index (χ3v) is 5.75. The maximum Gasteiger partial charge on any atom is 0.123 e. The van der Waals surface area contributed by atoms with Gasteiger partial charge in [0.2, 0.25) is 0 Å². The van der Waals surface area contributed by atoms with Gasteiger partial charge in [-0.3, -0.25) is 0 Å². The minimum atomic E-state index is -0.263. The summed E-state index contributed by atoms with van der Waals surface area (Å²) < 4.78 is 29.2. The number of aromatic nitrogens is 2. The van der Waals surface area contributed by atoms with Gasteiger partial charge in [-0.1, -0.05) is 0 Å². The second-order valence-corrected chi connectivity index (χ2v) is 7.46. The molecule has 0 bridgehead atoms. The van der Waals surface area contributed by atoms with Crippen molar-refractivity contribution >= 4 is 10.9 Å². The Bertz CT molecular complexity index is 1170. The maximum atomic E-state index is 13.5. The van der Waals surface area contributed by atoms with Crippen LogP contribution in [0.2, 0.25) is 0 Å². The minimum absolute atomic E-state index is 0.263. The van der Waals surface area contributed by atoms with Crippen molar-refractivity contribution in [3.63, 3.8) is 0 Å². The number of halogens is 2. The van der Waals surface area contributed by atoms with Crippen LogP contribution in [0.1, 0.15) is 24.1 Å². The van der Waals surface area contributed by atoms with E-state index in [9.17, 15) is 8.78 Å². The molecule has 0 saturated heterocycles. The number of pyridine rings is 1. The van der Waals surface area contributed by atoms with Crippen molar-refractivity contribution < 1.29 is 8.78 Å². The molecule has 0 fully saturated rings. The summed E-state index contributed by atoms with van der Waals surface area (Å²) >= 11 is 0. The molecule has 2 heterocycles. The molecule has 2 aromatic heterocycles. The second-order valence-electron chi connectivity index (χ2n) is 7.46. The molecular weight excluding hydrogens is 354 g/mol. The number of aryl methyl sites for hydroxylation is 2. The molecule has 5 rings (SSSR count). The molecule has 1 aliphatic carbocycles. The molecule has 4 aromatic rings. The average Bonchev–Trinajstić information content (AvgIpc) is 3.01. The van der Waals surface area contributed by atoms with Crippen LogP contribution in [0.4, 0.5) is 8.78 Å². The Morgan fingerprint density at radius 2 is 1.43 bits per heavy atom. The number of nitrogens with zero attached hydrogens (tertiary/aromatic N) is 2. The van der Waals surface area contributed by atoms with Gasteiger partial charge in [-0.05, 0) is 85.8 Å². The van der Waals surface area contributed by atoms with Crippen LogP contribution in [-0.4, -0.2) is 9.55 Å². The first kappa shape index (κ1) is 17.1. The summed E-state index contributed by atoms with van der Waals surface area (Å²) in [6.07, 6.45) is 4.51. The van der Waals surface area contributed by atoms with Crippen LogP contribution in [0.3, 0.4) is 0 Å². The molecule has 0 aliphatic heterocycles. The molecule has 4 heteroatoms.